The van der Waals surface area contributed by atoms with Crippen molar-refractivity contribution in [2.75, 3.05) is 18.5 Å². The second-order valence-electron chi connectivity index (χ2n) is 3.43. The van der Waals surface area contributed by atoms with Crippen molar-refractivity contribution >= 4 is 78.7 Å². The molecule has 0 rings (SSSR count). The van der Waals surface area contributed by atoms with Crippen LogP contribution in [-0.4, -0.2) is 18.5 Å². The lowest BCUT2D eigenvalue weighted by Crippen LogP contribution is -1.64. The first-order valence-electron chi connectivity index (χ1n) is 6.35. The Morgan fingerprint density at radius 1 is 0.500 bits per heavy atom. The summed E-state index contributed by atoms with van der Waals surface area (Å²) in [6.45, 7) is 6.60. The summed E-state index contributed by atoms with van der Waals surface area (Å²) in [5, 5.41) is 0. The molecule has 0 aromatic heterocycles. The van der Waals surface area contributed by atoms with Crippen molar-refractivity contribution in [3.8, 4) is 0 Å². The van der Waals surface area contributed by atoms with E-state index in [1.54, 1.807) is 0 Å². The van der Waals surface area contributed by atoms with Gasteiger partial charge in [0.05, 0.1) is 0 Å². The highest BCUT2D eigenvalue weighted by Gasteiger charge is 1.69. The lowest BCUT2D eigenvalue weighted by atomic mass is 10.4. The van der Waals surface area contributed by atoms with Gasteiger partial charge in [-0.2, -0.15) is 0 Å². The standard InChI is InChI=1S/3C4H11P.3BrH/c3*1-2-3-4-5;;;/h3*2-5H2,1H3;3*1H. The zero-order valence-corrected chi connectivity index (χ0v) is 20.9. The zero-order chi connectivity index (χ0) is 12.4. The van der Waals surface area contributed by atoms with E-state index in [1.807, 2.05) is 0 Å². The summed E-state index contributed by atoms with van der Waals surface area (Å²) in [4.78, 5) is 0. The molecular formula is C12H36Br3P3. The second kappa shape index (κ2) is 50.3. The molecule has 3 unspecified atom stereocenters. The highest BCUT2D eigenvalue weighted by molar-refractivity contribution is 8.93. The van der Waals surface area contributed by atoms with E-state index in [4.69, 9.17) is 0 Å². The van der Waals surface area contributed by atoms with Gasteiger partial charge in [-0.1, -0.05) is 59.3 Å². The molecule has 0 aliphatic heterocycles. The molecule has 0 bridgehead atoms. The van der Waals surface area contributed by atoms with E-state index in [0.717, 1.165) is 0 Å². The lowest BCUT2D eigenvalue weighted by molar-refractivity contribution is 0.897. The highest BCUT2D eigenvalue weighted by Crippen LogP contribution is 1.90. The Morgan fingerprint density at radius 2 is 0.667 bits per heavy atom. The molecule has 0 aliphatic rings. The summed E-state index contributed by atoms with van der Waals surface area (Å²) in [5.41, 5.74) is 0. The third-order valence-corrected chi connectivity index (χ3v) is 2.90. The van der Waals surface area contributed by atoms with Crippen LogP contribution in [0, 0.1) is 0 Å². The van der Waals surface area contributed by atoms with Crippen LogP contribution in [0.15, 0.2) is 0 Å². The van der Waals surface area contributed by atoms with E-state index in [0.29, 0.717) is 0 Å². The molecule has 0 saturated heterocycles. The molecule has 0 heterocycles. The van der Waals surface area contributed by atoms with Crippen LogP contribution in [0.4, 0.5) is 0 Å². The number of halogens is 3. The minimum atomic E-state index is 0. The Kier molecular flexibility index (Phi) is 104. The molecule has 6 heteroatoms. The summed E-state index contributed by atoms with van der Waals surface area (Å²) in [6.07, 6.45) is 11.8. The summed E-state index contributed by atoms with van der Waals surface area (Å²) < 4.78 is 0. The van der Waals surface area contributed by atoms with Gasteiger partial charge in [-0.05, 0) is 18.5 Å². The van der Waals surface area contributed by atoms with Crippen LogP contribution in [0.1, 0.15) is 59.3 Å². The Hall–Kier alpha value is 2.73. The van der Waals surface area contributed by atoms with Gasteiger partial charge in [-0.15, -0.1) is 78.7 Å². The molecule has 120 valence electrons. The summed E-state index contributed by atoms with van der Waals surface area (Å²) in [6, 6.07) is 0. The van der Waals surface area contributed by atoms with Crippen LogP contribution in [0.3, 0.4) is 0 Å². The Bertz CT molecular complexity index is 59.3. The van der Waals surface area contributed by atoms with Crippen LogP contribution in [0.25, 0.3) is 0 Å². The maximum absolute atomic E-state index is 2.70. The fourth-order valence-corrected chi connectivity index (χ4v) is 1.84. The van der Waals surface area contributed by atoms with Crippen molar-refractivity contribution < 1.29 is 0 Å². The lowest BCUT2D eigenvalue weighted by Gasteiger charge is -1.79. The molecule has 0 saturated carbocycles. The van der Waals surface area contributed by atoms with Gasteiger partial charge in [-0.3, -0.25) is 0 Å². The fourth-order valence-electron chi connectivity index (χ4n) is 0.612. The Morgan fingerprint density at radius 3 is 0.667 bits per heavy atom. The molecule has 0 nitrogen and oxygen atoms in total. The average Bonchev–Trinajstić information content (AvgIpc) is 2.23. The van der Waals surface area contributed by atoms with Gasteiger partial charge >= 0.3 is 0 Å². The monoisotopic (exact) mass is 510 g/mol. The number of hydrogen-bond donors (Lipinski definition) is 0. The first-order valence-corrected chi connectivity index (χ1v) is 8.80. The van der Waals surface area contributed by atoms with Crippen molar-refractivity contribution in [1.82, 2.24) is 0 Å². The molecule has 0 spiro atoms. The molecule has 0 amide bonds. The van der Waals surface area contributed by atoms with E-state index >= 15 is 0 Å². The molecule has 0 aromatic rings. The van der Waals surface area contributed by atoms with Crippen molar-refractivity contribution in [3.63, 3.8) is 0 Å². The maximum atomic E-state index is 2.70. The van der Waals surface area contributed by atoms with Crippen molar-refractivity contribution in [2.45, 2.75) is 59.3 Å². The van der Waals surface area contributed by atoms with Crippen molar-refractivity contribution in [3.05, 3.63) is 0 Å². The molecular weight excluding hydrogens is 477 g/mol. The molecule has 0 aliphatic carbocycles. The van der Waals surface area contributed by atoms with Gasteiger partial charge in [0.15, 0.2) is 0 Å². The molecule has 0 fully saturated rings. The number of unbranched alkanes of at least 4 members (excludes halogenated alkanes) is 3. The normalized spacial score (nSPS) is 7.00. The van der Waals surface area contributed by atoms with Crippen molar-refractivity contribution in [1.29, 1.82) is 0 Å². The van der Waals surface area contributed by atoms with E-state index in [2.05, 4.69) is 48.5 Å². The first-order chi connectivity index (χ1) is 7.24. The van der Waals surface area contributed by atoms with Gasteiger partial charge in [0, 0.05) is 0 Å². The Labute approximate surface area is 155 Å². The first kappa shape index (κ1) is 37.2. The third kappa shape index (κ3) is 77.3. The Balaban J connectivity index is -0.0000000277. The summed E-state index contributed by atoms with van der Waals surface area (Å²) in [7, 11) is 8.10. The van der Waals surface area contributed by atoms with Gasteiger partial charge in [0.2, 0.25) is 0 Å². The SMILES string of the molecule is Br.Br.Br.CCCCP.CCCCP.CCCCP. The predicted molar refractivity (Wildman–Crippen MR) is 119 cm³/mol. The van der Waals surface area contributed by atoms with Crippen molar-refractivity contribution in [2.24, 2.45) is 0 Å². The second-order valence-corrected chi connectivity index (χ2v) is 5.16. The maximum Gasteiger partial charge on any atom is -0.0381 e. The minimum absolute atomic E-state index is 0. The molecule has 18 heavy (non-hydrogen) atoms. The quantitative estimate of drug-likeness (QED) is 0.347. The van der Waals surface area contributed by atoms with E-state index in [-0.39, 0.29) is 50.9 Å². The molecule has 3 atom stereocenters. The topological polar surface area (TPSA) is 0 Å². The van der Waals surface area contributed by atoms with Crippen LogP contribution in [-0.2, 0) is 0 Å². The van der Waals surface area contributed by atoms with Crippen LogP contribution in [0.2, 0.25) is 0 Å². The van der Waals surface area contributed by atoms with E-state index in [1.165, 1.54) is 57.0 Å². The molecule has 0 N–H and O–H groups in total. The highest BCUT2D eigenvalue weighted by atomic mass is 79.9. The average molecular weight is 513 g/mol. The number of hydrogen-bond acceptors (Lipinski definition) is 0. The van der Waals surface area contributed by atoms with Crippen LogP contribution >= 0.6 is 78.7 Å². The summed E-state index contributed by atoms with van der Waals surface area (Å²) in [5.74, 6) is 0. The van der Waals surface area contributed by atoms with E-state index in [9.17, 15) is 0 Å². The predicted octanol–water partition coefficient (Wildman–Crippen LogP) is 6.72. The fraction of sp³-hybridized carbons (Fsp3) is 1.00. The minimum Gasteiger partial charge on any atom is -0.138 e. The molecule has 0 radical (unpaired) electrons. The smallest absolute Gasteiger partial charge is 0.0381 e. The van der Waals surface area contributed by atoms with Crippen LogP contribution in [0.5, 0.6) is 0 Å². The van der Waals surface area contributed by atoms with E-state index < -0.39 is 0 Å². The van der Waals surface area contributed by atoms with Crippen LogP contribution < -0.4 is 0 Å². The number of rotatable bonds is 6. The largest absolute Gasteiger partial charge is 0.138 e. The molecule has 0 aromatic carbocycles. The third-order valence-electron chi connectivity index (χ3n) is 1.67. The van der Waals surface area contributed by atoms with Gasteiger partial charge in [0.1, 0.15) is 0 Å². The van der Waals surface area contributed by atoms with Gasteiger partial charge in [-0.25, -0.2) is 0 Å². The zero-order valence-electron chi connectivity index (χ0n) is 12.3. The van der Waals surface area contributed by atoms with Gasteiger partial charge < -0.3 is 0 Å². The van der Waals surface area contributed by atoms with Gasteiger partial charge in [0.25, 0.3) is 0 Å². The summed E-state index contributed by atoms with van der Waals surface area (Å²) >= 11 is 0.